The molecule has 2 aromatic carbocycles. The molecule has 2 aromatic rings. The number of ketones is 1. The first-order valence-electron chi connectivity index (χ1n) is 11.3. The van der Waals surface area contributed by atoms with Gasteiger partial charge in [-0.25, -0.2) is 0 Å². The number of esters is 1. The highest BCUT2D eigenvalue weighted by molar-refractivity contribution is 9.10. The fraction of sp³-hybridized carbons (Fsp3) is 0.370. The summed E-state index contributed by atoms with van der Waals surface area (Å²) in [7, 11) is 3.20. The monoisotopic (exact) mass is 525 g/mol. The van der Waals surface area contributed by atoms with E-state index in [0.717, 1.165) is 21.3 Å². The van der Waals surface area contributed by atoms with E-state index in [-0.39, 0.29) is 24.3 Å². The summed E-state index contributed by atoms with van der Waals surface area (Å²) in [6.07, 6.45) is 0.934. The van der Waals surface area contributed by atoms with E-state index in [1.165, 1.54) is 0 Å². The number of methoxy groups -OCH3 is 2. The highest BCUT2D eigenvalue weighted by atomic mass is 79.9. The Morgan fingerprint density at radius 2 is 1.82 bits per heavy atom. The van der Waals surface area contributed by atoms with Crippen LogP contribution in [-0.2, 0) is 14.3 Å². The molecule has 0 bridgehead atoms. The summed E-state index contributed by atoms with van der Waals surface area (Å²) in [5.41, 5.74) is 3.91. The second-order valence-electron chi connectivity index (χ2n) is 8.49. The number of carbonyl (C=O) groups is 2. The predicted octanol–water partition coefficient (Wildman–Crippen LogP) is 5.60. The quantitative estimate of drug-likeness (QED) is 0.458. The molecule has 34 heavy (non-hydrogen) atoms. The van der Waals surface area contributed by atoms with Gasteiger partial charge in [-0.3, -0.25) is 14.6 Å². The standard InChI is InChI=1S/C27H28BrNO5/c1-5-34-27(31)24-15(2)29-20-12-17(16-10-11-22(32-3)23(14-16)33-4)13-21(30)26(20)25(24)18-8-6-7-9-19(18)28/h6-11,14,17,24-25H,5,12-13H2,1-4H3/t17-,24?,25+/m0/s1. The molecule has 2 aliphatic rings. The third-order valence-corrected chi connectivity index (χ3v) is 7.27. The highest BCUT2D eigenvalue weighted by Gasteiger charge is 2.45. The number of hydrogen-bond donors (Lipinski definition) is 0. The summed E-state index contributed by atoms with van der Waals surface area (Å²) in [4.78, 5) is 31.5. The van der Waals surface area contributed by atoms with Gasteiger partial charge in [0.2, 0.25) is 0 Å². The van der Waals surface area contributed by atoms with E-state index < -0.39 is 11.8 Å². The fourth-order valence-corrected chi connectivity index (χ4v) is 5.53. The second-order valence-corrected chi connectivity index (χ2v) is 9.34. The number of carbonyl (C=O) groups excluding carboxylic acids is 2. The number of aliphatic imine (C=N–C) groups is 1. The van der Waals surface area contributed by atoms with Crippen molar-refractivity contribution in [3.8, 4) is 11.5 Å². The third kappa shape index (κ3) is 4.41. The first-order valence-corrected chi connectivity index (χ1v) is 12.1. The van der Waals surface area contributed by atoms with E-state index in [4.69, 9.17) is 19.2 Å². The van der Waals surface area contributed by atoms with Crippen molar-refractivity contribution >= 4 is 33.4 Å². The Kier molecular flexibility index (Phi) is 7.22. The zero-order valence-corrected chi connectivity index (χ0v) is 21.3. The van der Waals surface area contributed by atoms with E-state index >= 15 is 0 Å². The molecular formula is C27H28BrNO5. The number of allylic oxidation sites excluding steroid dienone is 2. The van der Waals surface area contributed by atoms with Gasteiger partial charge in [-0.1, -0.05) is 40.2 Å². The molecule has 6 nitrogen and oxygen atoms in total. The lowest BCUT2D eigenvalue weighted by atomic mass is 9.69. The Labute approximate surface area is 208 Å². The molecule has 0 amide bonds. The van der Waals surface area contributed by atoms with Gasteiger partial charge in [-0.15, -0.1) is 0 Å². The van der Waals surface area contributed by atoms with Gasteiger partial charge < -0.3 is 14.2 Å². The molecule has 3 atom stereocenters. The Bertz CT molecular complexity index is 1190. The molecule has 0 aromatic heterocycles. The van der Waals surface area contributed by atoms with Crippen LogP contribution in [0.1, 0.15) is 49.7 Å². The van der Waals surface area contributed by atoms with Crippen LogP contribution in [0.25, 0.3) is 0 Å². The Morgan fingerprint density at radius 3 is 2.50 bits per heavy atom. The normalized spacial score (nSPS) is 22.1. The molecule has 0 spiro atoms. The lowest BCUT2D eigenvalue weighted by molar-refractivity contribution is -0.146. The number of rotatable bonds is 6. The van der Waals surface area contributed by atoms with Gasteiger partial charge in [0.1, 0.15) is 5.92 Å². The van der Waals surface area contributed by atoms with Crippen LogP contribution in [0.2, 0.25) is 0 Å². The van der Waals surface area contributed by atoms with Crippen molar-refractivity contribution in [3.05, 3.63) is 69.3 Å². The fourth-order valence-electron chi connectivity index (χ4n) is 5.00. The van der Waals surface area contributed by atoms with Crippen molar-refractivity contribution in [3.63, 3.8) is 0 Å². The van der Waals surface area contributed by atoms with Crippen molar-refractivity contribution in [1.29, 1.82) is 0 Å². The topological polar surface area (TPSA) is 74.2 Å². The van der Waals surface area contributed by atoms with Crippen LogP contribution < -0.4 is 9.47 Å². The second kappa shape index (κ2) is 10.1. The van der Waals surface area contributed by atoms with Crippen molar-refractivity contribution in [1.82, 2.24) is 0 Å². The minimum Gasteiger partial charge on any atom is -0.493 e. The summed E-state index contributed by atoms with van der Waals surface area (Å²) >= 11 is 3.63. The van der Waals surface area contributed by atoms with E-state index in [9.17, 15) is 9.59 Å². The molecule has 0 radical (unpaired) electrons. The molecule has 0 saturated carbocycles. The predicted molar refractivity (Wildman–Crippen MR) is 134 cm³/mol. The average molecular weight is 526 g/mol. The van der Waals surface area contributed by atoms with Gasteiger partial charge in [0.25, 0.3) is 0 Å². The molecule has 1 heterocycles. The highest BCUT2D eigenvalue weighted by Crippen LogP contribution is 2.48. The summed E-state index contributed by atoms with van der Waals surface area (Å²) in [6.45, 7) is 3.90. The molecule has 1 aliphatic carbocycles. The number of nitrogens with zero attached hydrogens (tertiary/aromatic N) is 1. The van der Waals surface area contributed by atoms with E-state index in [2.05, 4.69) is 15.9 Å². The average Bonchev–Trinajstić information content (AvgIpc) is 2.83. The van der Waals surface area contributed by atoms with Crippen LogP contribution in [0.15, 0.2) is 63.2 Å². The maximum atomic E-state index is 13.7. The van der Waals surface area contributed by atoms with Crippen LogP contribution in [-0.4, -0.2) is 38.3 Å². The van der Waals surface area contributed by atoms with Crippen LogP contribution in [0.4, 0.5) is 0 Å². The van der Waals surface area contributed by atoms with Crippen LogP contribution in [0, 0.1) is 5.92 Å². The van der Waals surface area contributed by atoms with E-state index in [1.807, 2.05) is 49.4 Å². The maximum Gasteiger partial charge on any atom is 0.315 e. The molecule has 0 N–H and O–H groups in total. The molecular weight excluding hydrogens is 498 g/mol. The molecule has 1 unspecified atom stereocenters. The molecule has 0 fully saturated rings. The zero-order chi connectivity index (χ0) is 24.4. The smallest absolute Gasteiger partial charge is 0.315 e. The molecule has 7 heteroatoms. The summed E-state index contributed by atoms with van der Waals surface area (Å²) in [5, 5.41) is 0. The lowest BCUT2D eigenvalue weighted by Crippen LogP contribution is -2.38. The van der Waals surface area contributed by atoms with Crippen LogP contribution >= 0.6 is 15.9 Å². The number of halogens is 1. The lowest BCUT2D eigenvalue weighted by Gasteiger charge is -2.37. The Morgan fingerprint density at radius 1 is 1.09 bits per heavy atom. The van der Waals surface area contributed by atoms with Gasteiger partial charge in [-0.2, -0.15) is 0 Å². The first-order chi connectivity index (χ1) is 16.4. The number of Topliss-reactive ketones (excluding diaryl/α,β-unsaturated/α-hetero) is 1. The minimum atomic E-state index is -0.640. The number of ether oxygens (including phenoxy) is 3. The number of hydrogen-bond acceptors (Lipinski definition) is 6. The minimum absolute atomic E-state index is 0.00679. The van der Waals surface area contributed by atoms with Crippen LogP contribution in [0.5, 0.6) is 11.5 Å². The van der Waals surface area contributed by atoms with Crippen molar-refractivity contribution in [2.24, 2.45) is 10.9 Å². The van der Waals surface area contributed by atoms with Gasteiger partial charge in [-0.05, 0) is 55.5 Å². The molecule has 1 aliphatic heterocycles. The molecule has 0 saturated heterocycles. The van der Waals surface area contributed by atoms with Crippen LogP contribution in [0.3, 0.4) is 0 Å². The van der Waals surface area contributed by atoms with Gasteiger partial charge >= 0.3 is 5.97 Å². The van der Waals surface area contributed by atoms with Crippen molar-refractivity contribution < 1.29 is 23.8 Å². The summed E-state index contributed by atoms with van der Waals surface area (Å²) < 4.78 is 17.1. The number of benzene rings is 2. The maximum absolute atomic E-state index is 13.7. The SMILES string of the molecule is CCOC(=O)C1C(C)=NC2=C(C(=O)C[C@@H](c3ccc(OC)c(OC)c3)C2)[C@@H]1c1ccccc1Br. The Hall–Kier alpha value is -2.93. The third-order valence-electron chi connectivity index (χ3n) is 6.55. The first kappa shape index (κ1) is 24.2. The van der Waals surface area contributed by atoms with Crippen molar-refractivity contribution in [2.75, 3.05) is 20.8 Å². The van der Waals surface area contributed by atoms with E-state index in [0.29, 0.717) is 35.6 Å². The summed E-state index contributed by atoms with van der Waals surface area (Å²) in [5.74, 6) is -0.199. The van der Waals surface area contributed by atoms with Gasteiger partial charge in [0, 0.05) is 33.8 Å². The molecule has 178 valence electrons. The van der Waals surface area contributed by atoms with Crippen molar-refractivity contribution in [2.45, 2.75) is 38.5 Å². The summed E-state index contributed by atoms with van der Waals surface area (Å²) in [6, 6.07) is 13.5. The van der Waals surface area contributed by atoms with Gasteiger partial charge in [0.05, 0.1) is 20.8 Å². The molecule has 4 rings (SSSR count). The Balaban J connectivity index is 1.79. The zero-order valence-electron chi connectivity index (χ0n) is 19.8. The van der Waals surface area contributed by atoms with E-state index in [1.54, 1.807) is 21.1 Å². The van der Waals surface area contributed by atoms with Gasteiger partial charge in [0.15, 0.2) is 17.3 Å². The largest absolute Gasteiger partial charge is 0.493 e.